The van der Waals surface area contributed by atoms with E-state index in [2.05, 4.69) is 11.9 Å². The van der Waals surface area contributed by atoms with Crippen LogP contribution in [-0.4, -0.2) is 11.4 Å². The molecule has 0 fully saturated rings. The summed E-state index contributed by atoms with van der Waals surface area (Å²) < 4.78 is 0. The first-order chi connectivity index (χ1) is 3.95. The molecule has 0 saturated heterocycles. The number of hydrogen-bond acceptors (Lipinski definition) is 2. The standard InChI is InChI=1S/C7H13NO.ClH.H3N/c1-5-6(9)8-7(2,3)4;;/h5H,1H2,2-4H3,(H,8,9);1H;1H3. The first-order valence-corrected chi connectivity index (χ1v) is 2.90. The molecule has 0 aromatic carbocycles. The van der Waals surface area contributed by atoms with Crippen LogP contribution in [0.15, 0.2) is 12.7 Å². The van der Waals surface area contributed by atoms with E-state index in [-0.39, 0.29) is 30.0 Å². The van der Waals surface area contributed by atoms with Crippen LogP contribution in [0.1, 0.15) is 20.8 Å². The summed E-state index contributed by atoms with van der Waals surface area (Å²) in [4.78, 5) is 10.6. The van der Waals surface area contributed by atoms with Gasteiger partial charge in [0.25, 0.3) is 0 Å². The van der Waals surface area contributed by atoms with E-state index in [1.54, 1.807) is 0 Å². The highest BCUT2D eigenvalue weighted by Gasteiger charge is 2.10. The van der Waals surface area contributed by atoms with Crippen LogP contribution in [0.5, 0.6) is 0 Å². The van der Waals surface area contributed by atoms with Gasteiger partial charge in [0.1, 0.15) is 0 Å². The van der Waals surface area contributed by atoms with Gasteiger partial charge in [-0.15, -0.1) is 12.4 Å². The summed E-state index contributed by atoms with van der Waals surface area (Å²) >= 11 is 0. The van der Waals surface area contributed by atoms with Gasteiger partial charge in [0.2, 0.25) is 5.91 Å². The van der Waals surface area contributed by atoms with Crippen molar-refractivity contribution in [2.24, 2.45) is 0 Å². The molecule has 68 valence electrons. The predicted molar refractivity (Wildman–Crippen MR) is 50.4 cm³/mol. The second-order valence-corrected chi connectivity index (χ2v) is 2.94. The van der Waals surface area contributed by atoms with E-state index in [0.29, 0.717) is 0 Å². The maximum atomic E-state index is 10.6. The average molecular weight is 181 g/mol. The van der Waals surface area contributed by atoms with Gasteiger partial charge in [0, 0.05) is 5.54 Å². The monoisotopic (exact) mass is 180 g/mol. The zero-order valence-electron chi connectivity index (χ0n) is 7.31. The van der Waals surface area contributed by atoms with E-state index in [0.717, 1.165) is 0 Å². The molecule has 3 nitrogen and oxygen atoms in total. The average Bonchev–Trinajstić information content (AvgIpc) is 1.62. The Labute approximate surface area is 74.2 Å². The second-order valence-electron chi connectivity index (χ2n) is 2.94. The van der Waals surface area contributed by atoms with E-state index >= 15 is 0 Å². The minimum atomic E-state index is -0.148. The Morgan fingerprint density at radius 3 is 1.91 bits per heavy atom. The lowest BCUT2D eigenvalue weighted by atomic mass is 10.1. The summed E-state index contributed by atoms with van der Waals surface area (Å²) in [6, 6.07) is 0. The fraction of sp³-hybridized carbons (Fsp3) is 0.571. The van der Waals surface area contributed by atoms with Gasteiger partial charge in [-0.3, -0.25) is 4.79 Å². The third-order valence-corrected chi connectivity index (χ3v) is 0.684. The van der Waals surface area contributed by atoms with Crippen LogP contribution >= 0.6 is 12.4 Å². The van der Waals surface area contributed by atoms with Crippen LogP contribution in [0, 0.1) is 0 Å². The normalized spacial score (nSPS) is 8.64. The molecule has 0 bridgehead atoms. The van der Waals surface area contributed by atoms with E-state index in [1.165, 1.54) is 6.08 Å². The largest absolute Gasteiger partial charge is 0.348 e. The molecule has 0 rings (SSSR count). The lowest BCUT2D eigenvalue weighted by molar-refractivity contribution is -0.117. The second kappa shape index (κ2) is 6.19. The Balaban J connectivity index is -0.000000320. The van der Waals surface area contributed by atoms with Crippen molar-refractivity contribution >= 4 is 18.3 Å². The molecular weight excluding hydrogens is 164 g/mol. The summed E-state index contributed by atoms with van der Waals surface area (Å²) in [7, 11) is 0. The molecule has 0 aromatic heterocycles. The fourth-order valence-electron chi connectivity index (χ4n) is 0.421. The van der Waals surface area contributed by atoms with Gasteiger partial charge >= 0.3 is 0 Å². The Morgan fingerprint density at radius 1 is 1.45 bits per heavy atom. The summed E-state index contributed by atoms with van der Waals surface area (Å²) in [5.41, 5.74) is -0.148. The highest BCUT2D eigenvalue weighted by Crippen LogP contribution is 1.97. The number of amides is 1. The number of halogens is 1. The van der Waals surface area contributed by atoms with Crippen LogP contribution in [0.4, 0.5) is 0 Å². The van der Waals surface area contributed by atoms with Gasteiger partial charge in [-0.2, -0.15) is 0 Å². The van der Waals surface area contributed by atoms with Crippen molar-refractivity contribution in [3.8, 4) is 0 Å². The molecule has 0 saturated carbocycles. The van der Waals surface area contributed by atoms with Crippen LogP contribution in [-0.2, 0) is 4.79 Å². The molecule has 4 N–H and O–H groups in total. The lowest BCUT2D eigenvalue weighted by Gasteiger charge is -2.18. The van der Waals surface area contributed by atoms with Crippen LogP contribution in [0.2, 0.25) is 0 Å². The van der Waals surface area contributed by atoms with Crippen molar-refractivity contribution in [2.45, 2.75) is 26.3 Å². The third-order valence-electron chi connectivity index (χ3n) is 0.684. The smallest absolute Gasteiger partial charge is 0.243 e. The molecule has 0 atom stereocenters. The Kier molecular flexibility index (Phi) is 9.46. The molecule has 1 amide bonds. The molecule has 11 heavy (non-hydrogen) atoms. The summed E-state index contributed by atoms with van der Waals surface area (Å²) in [6.07, 6.45) is 1.27. The molecule has 0 aliphatic rings. The van der Waals surface area contributed by atoms with E-state index < -0.39 is 0 Å². The zero-order valence-corrected chi connectivity index (χ0v) is 8.12. The Bertz CT molecular complexity index is 129. The van der Waals surface area contributed by atoms with Crippen LogP contribution in [0.3, 0.4) is 0 Å². The maximum Gasteiger partial charge on any atom is 0.243 e. The Hall–Kier alpha value is -0.540. The number of hydrogen-bond donors (Lipinski definition) is 2. The van der Waals surface area contributed by atoms with E-state index in [4.69, 9.17) is 0 Å². The molecule has 0 unspecified atom stereocenters. The molecule has 0 heterocycles. The molecule has 4 heteroatoms. The van der Waals surface area contributed by atoms with E-state index in [9.17, 15) is 4.79 Å². The number of carbonyl (C=O) groups excluding carboxylic acids is 1. The maximum absolute atomic E-state index is 10.6. The number of carbonyl (C=O) groups is 1. The summed E-state index contributed by atoms with van der Waals surface area (Å²) in [5, 5.41) is 2.71. The van der Waals surface area contributed by atoms with E-state index in [1.807, 2.05) is 20.8 Å². The highest BCUT2D eigenvalue weighted by molar-refractivity contribution is 5.87. The van der Waals surface area contributed by atoms with Gasteiger partial charge in [0.05, 0.1) is 0 Å². The fourth-order valence-corrected chi connectivity index (χ4v) is 0.421. The molecule has 0 spiro atoms. The summed E-state index contributed by atoms with van der Waals surface area (Å²) in [6.45, 7) is 9.11. The van der Waals surface area contributed by atoms with Gasteiger partial charge in [-0.25, -0.2) is 0 Å². The quantitative estimate of drug-likeness (QED) is 0.603. The van der Waals surface area contributed by atoms with Crippen molar-refractivity contribution < 1.29 is 4.79 Å². The predicted octanol–water partition coefficient (Wildman–Crippen LogP) is 1.67. The first-order valence-electron chi connectivity index (χ1n) is 2.90. The van der Waals surface area contributed by atoms with Crippen molar-refractivity contribution in [3.63, 3.8) is 0 Å². The summed E-state index contributed by atoms with van der Waals surface area (Å²) in [5.74, 6) is -0.123. The minimum Gasteiger partial charge on any atom is -0.348 e. The molecule has 0 aromatic rings. The van der Waals surface area contributed by atoms with Gasteiger partial charge in [-0.1, -0.05) is 6.58 Å². The Morgan fingerprint density at radius 2 is 1.82 bits per heavy atom. The first kappa shape index (κ1) is 16.8. The zero-order chi connectivity index (χ0) is 7.49. The molecule has 0 aliphatic heterocycles. The molecular formula is C7H17ClN2O. The minimum absolute atomic E-state index is 0. The van der Waals surface area contributed by atoms with Crippen molar-refractivity contribution in [3.05, 3.63) is 12.7 Å². The molecule has 0 aliphatic carbocycles. The SMILES string of the molecule is C=CC(=O)NC(C)(C)C.Cl.N. The van der Waals surface area contributed by atoms with Gasteiger partial charge < -0.3 is 11.5 Å². The third kappa shape index (κ3) is 12.6. The number of rotatable bonds is 1. The topological polar surface area (TPSA) is 64.1 Å². The number of nitrogens with one attached hydrogen (secondary N) is 1. The highest BCUT2D eigenvalue weighted by atomic mass is 35.5. The molecule has 0 radical (unpaired) electrons. The van der Waals surface area contributed by atoms with Crippen LogP contribution < -0.4 is 11.5 Å². The van der Waals surface area contributed by atoms with Crippen molar-refractivity contribution in [2.75, 3.05) is 0 Å². The van der Waals surface area contributed by atoms with Crippen molar-refractivity contribution in [1.29, 1.82) is 0 Å². The van der Waals surface area contributed by atoms with Gasteiger partial charge in [-0.05, 0) is 26.8 Å². The van der Waals surface area contributed by atoms with Gasteiger partial charge in [0.15, 0.2) is 0 Å². The lowest BCUT2D eigenvalue weighted by Crippen LogP contribution is -2.39. The van der Waals surface area contributed by atoms with Crippen molar-refractivity contribution in [1.82, 2.24) is 11.5 Å². The van der Waals surface area contributed by atoms with Crippen LogP contribution in [0.25, 0.3) is 0 Å².